The van der Waals surface area contributed by atoms with Crippen LogP contribution >= 0.6 is 23.4 Å². The molecule has 1 aromatic heterocycles. The Balaban J connectivity index is 2.05. The molecule has 0 saturated heterocycles. The predicted molar refractivity (Wildman–Crippen MR) is 76.1 cm³/mol. The van der Waals surface area contributed by atoms with Crippen molar-refractivity contribution in [1.82, 2.24) is 5.43 Å². The number of furan rings is 1. The first-order chi connectivity index (χ1) is 9.10. The lowest BCUT2D eigenvalue weighted by molar-refractivity contribution is 0.0924. The number of nitrogen functional groups attached to an aromatic ring is 1. The number of hydrogen-bond acceptors (Lipinski definition) is 4. The standard InChI is InChI=1S/C13H13ClN2O2S/c1-8-9(6-12(18-8)13(17)16-15)7-19-11-4-2-10(14)3-5-11/h2-6H,7,15H2,1H3,(H,16,17). The molecule has 0 spiro atoms. The van der Waals surface area contributed by atoms with E-state index < -0.39 is 5.91 Å². The number of nitrogens with one attached hydrogen (secondary N) is 1. The number of benzene rings is 1. The summed E-state index contributed by atoms with van der Waals surface area (Å²) in [6.45, 7) is 1.82. The molecule has 2 aromatic rings. The lowest BCUT2D eigenvalue weighted by Crippen LogP contribution is -2.29. The Hall–Kier alpha value is -1.43. The number of thioether (sulfide) groups is 1. The van der Waals surface area contributed by atoms with Gasteiger partial charge in [-0.15, -0.1) is 11.8 Å². The van der Waals surface area contributed by atoms with E-state index in [1.807, 2.05) is 36.6 Å². The summed E-state index contributed by atoms with van der Waals surface area (Å²) in [6.07, 6.45) is 0. The highest BCUT2D eigenvalue weighted by molar-refractivity contribution is 7.98. The summed E-state index contributed by atoms with van der Waals surface area (Å²) in [5, 5.41) is 0.714. The highest BCUT2D eigenvalue weighted by Crippen LogP contribution is 2.27. The van der Waals surface area contributed by atoms with Crippen LogP contribution in [-0.2, 0) is 5.75 Å². The predicted octanol–water partition coefficient (Wildman–Crippen LogP) is 3.14. The van der Waals surface area contributed by atoms with Crippen molar-refractivity contribution in [2.24, 2.45) is 5.84 Å². The summed E-state index contributed by atoms with van der Waals surface area (Å²) in [4.78, 5) is 12.4. The molecule has 0 radical (unpaired) electrons. The Morgan fingerprint density at radius 2 is 2.11 bits per heavy atom. The van der Waals surface area contributed by atoms with Gasteiger partial charge >= 0.3 is 5.91 Å². The zero-order chi connectivity index (χ0) is 13.8. The van der Waals surface area contributed by atoms with Gasteiger partial charge < -0.3 is 4.42 Å². The SMILES string of the molecule is Cc1oc(C(=O)NN)cc1CSc1ccc(Cl)cc1. The summed E-state index contributed by atoms with van der Waals surface area (Å²) < 4.78 is 5.35. The summed E-state index contributed by atoms with van der Waals surface area (Å²) in [5.74, 6) is 6.31. The maximum Gasteiger partial charge on any atom is 0.300 e. The molecule has 1 amide bonds. The quantitative estimate of drug-likeness (QED) is 0.394. The molecule has 100 valence electrons. The van der Waals surface area contributed by atoms with Crippen LogP contribution in [0.3, 0.4) is 0 Å². The lowest BCUT2D eigenvalue weighted by atomic mass is 10.3. The molecular weight excluding hydrogens is 284 g/mol. The van der Waals surface area contributed by atoms with Crippen LogP contribution in [0.5, 0.6) is 0 Å². The van der Waals surface area contributed by atoms with Crippen molar-refractivity contribution in [2.45, 2.75) is 17.6 Å². The van der Waals surface area contributed by atoms with E-state index in [0.29, 0.717) is 5.02 Å². The largest absolute Gasteiger partial charge is 0.456 e. The van der Waals surface area contributed by atoms with Gasteiger partial charge in [0, 0.05) is 21.2 Å². The van der Waals surface area contributed by atoms with E-state index in [1.54, 1.807) is 17.8 Å². The number of carbonyl (C=O) groups is 1. The third-order valence-corrected chi connectivity index (χ3v) is 3.90. The second kappa shape index (κ2) is 6.14. The molecule has 6 heteroatoms. The van der Waals surface area contributed by atoms with E-state index in [-0.39, 0.29) is 5.76 Å². The zero-order valence-electron chi connectivity index (χ0n) is 10.3. The Kier molecular flexibility index (Phi) is 4.52. The molecule has 0 atom stereocenters. The third-order valence-electron chi connectivity index (χ3n) is 2.58. The Morgan fingerprint density at radius 1 is 1.42 bits per heavy atom. The summed E-state index contributed by atoms with van der Waals surface area (Å²) in [5.41, 5.74) is 3.02. The summed E-state index contributed by atoms with van der Waals surface area (Å²) in [7, 11) is 0. The fourth-order valence-electron chi connectivity index (χ4n) is 1.54. The molecule has 0 aliphatic carbocycles. The maximum atomic E-state index is 11.3. The van der Waals surface area contributed by atoms with E-state index in [1.165, 1.54) is 0 Å². The zero-order valence-corrected chi connectivity index (χ0v) is 11.8. The van der Waals surface area contributed by atoms with Crippen molar-refractivity contribution < 1.29 is 9.21 Å². The van der Waals surface area contributed by atoms with Crippen molar-refractivity contribution in [2.75, 3.05) is 0 Å². The molecule has 0 aliphatic heterocycles. The number of hydrazine groups is 1. The van der Waals surface area contributed by atoms with Gasteiger partial charge in [-0.05, 0) is 37.3 Å². The fraction of sp³-hybridized carbons (Fsp3) is 0.154. The topological polar surface area (TPSA) is 68.3 Å². The summed E-state index contributed by atoms with van der Waals surface area (Å²) >= 11 is 7.48. The van der Waals surface area contributed by atoms with Crippen LogP contribution in [-0.4, -0.2) is 5.91 Å². The number of carbonyl (C=O) groups excluding carboxylic acids is 1. The van der Waals surface area contributed by atoms with Gasteiger partial charge in [-0.25, -0.2) is 5.84 Å². The number of halogens is 1. The molecule has 1 heterocycles. The highest BCUT2D eigenvalue weighted by Gasteiger charge is 2.13. The van der Waals surface area contributed by atoms with Crippen molar-refractivity contribution in [3.8, 4) is 0 Å². The van der Waals surface area contributed by atoms with Crippen LogP contribution in [0.15, 0.2) is 39.6 Å². The first kappa shape index (κ1) is 14.0. The number of nitrogens with two attached hydrogens (primary N) is 1. The van der Waals surface area contributed by atoms with Crippen LogP contribution in [0.2, 0.25) is 5.02 Å². The van der Waals surface area contributed by atoms with Crippen LogP contribution in [0.1, 0.15) is 21.9 Å². The van der Waals surface area contributed by atoms with Crippen LogP contribution in [0.25, 0.3) is 0 Å². The highest BCUT2D eigenvalue weighted by atomic mass is 35.5. The van der Waals surface area contributed by atoms with E-state index >= 15 is 0 Å². The molecule has 4 nitrogen and oxygen atoms in total. The average molecular weight is 297 g/mol. The monoisotopic (exact) mass is 296 g/mol. The van der Waals surface area contributed by atoms with Crippen molar-refractivity contribution in [3.05, 3.63) is 52.4 Å². The normalized spacial score (nSPS) is 10.5. The number of aryl methyl sites for hydroxylation is 1. The second-order valence-corrected chi connectivity index (χ2v) is 5.39. The minimum atomic E-state index is -0.425. The van der Waals surface area contributed by atoms with Crippen LogP contribution in [0.4, 0.5) is 0 Å². The molecule has 0 saturated carbocycles. The average Bonchev–Trinajstić information content (AvgIpc) is 2.79. The molecule has 1 aromatic carbocycles. The number of amides is 1. The molecule has 0 bridgehead atoms. The van der Waals surface area contributed by atoms with Crippen LogP contribution in [0, 0.1) is 6.92 Å². The van der Waals surface area contributed by atoms with Gasteiger partial charge in [0.15, 0.2) is 5.76 Å². The molecule has 0 aliphatic rings. The Morgan fingerprint density at radius 3 is 2.74 bits per heavy atom. The molecule has 3 N–H and O–H groups in total. The van der Waals surface area contributed by atoms with E-state index in [2.05, 4.69) is 0 Å². The first-order valence-corrected chi connectivity index (χ1v) is 6.95. The molecular formula is C13H13ClN2O2S. The number of rotatable bonds is 4. The van der Waals surface area contributed by atoms with Crippen molar-refractivity contribution in [1.29, 1.82) is 0 Å². The van der Waals surface area contributed by atoms with Gasteiger partial charge in [0.2, 0.25) is 0 Å². The van der Waals surface area contributed by atoms with E-state index in [4.69, 9.17) is 21.9 Å². The molecule has 19 heavy (non-hydrogen) atoms. The summed E-state index contributed by atoms with van der Waals surface area (Å²) in [6, 6.07) is 9.31. The van der Waals surface area contributed by atoms with Crippen molar-refractivity contribution >= 4 is 29.3 Å². The minimum absolute atomic E-state index is 0.228. The molecule has 0 fully saturated rings. The Bertz CT molecular complexity index is 581. The Labute approximate surface area is 120 Å². The van der Waals surface area contributed by atoms with E-state index in [9.17, 15) is 4.79 Å². The number of hydrogen-bond donors (Lipinski definition) is 2. The maximum absolute atomic E-state index is 11.3. The van der Waals surface area contributed by atoms with Gasteiger partial charge in [-0.2, -0.15) is 0 Å². The molecule has 0 unspecified atom stereocenters. The minimum Gasteiger partial charge on any atom is -0.456 e. The van der Waals surface area contributed by atoms with Crippen molar-refractivity contribution in [3.63, 3.8) is 0 Å². The van der Waals surface area contributed by atoms with Gasteiger partial charge in [0.05, 0.1) is 0 Å². The van der Waals surface area contributed by atoms with Gasteiger partial charge in [0.1, 0.15) is 5.76 Å². The lowest BCUT2D eigenvalue weighted by Gasteiger charge is -2.00. The van der Waals surface area contributed by atoms with Gasteiger partial charge in [0.25, 0.3) is 0 Å². The second-order valence-electron chi connectivity index (χ2n) is 3.91. The van der Waals surface area contributed by atoms with Crippen LogP contribution < -0.4 is 11.3 Å². The fourth-order valence-corrected chi connectivity index (χ4v) is 2.60. The first-order valence-electron chi connectivity index (χ1n) is 5.59. The third kappa shape index (κ3) is 3.53. The van der Waals surface area contributed by atoms with Gasteiger partial charge in [-0.3, -0.25) is 10.2 Å². The van der Waals surface area contributed by atoms with Gasteiger partial charge in [-0.1, -0.05) is 11.6 Å². The molecule has 2 rings (SSSR count). The smallest absolute Gasteiger partial charge is 0.300 e. The van der Waals surface area contributed by atoms with E-state index in [0.717, 1.165) is 22.0 Å².